The van der Waals surface area contributed by atoms with Crippen LogP contribution in [0.15, 0.2) is 22.7 Å². The fourth-order valence-electron chi connectivity index (χ4n) is 0.928. The maximum Gasteiger partial charge on any atom is 0.276 e. The average molecular weight is 307 g/mol. The van der Waals surface area contributed by atoms with Gasteiger partial charge in [-0.2, -0.15) is 0 Å². The molecule has 0 aliphatic carbocycles. The second-order valence-electron chi connectivity index (χ2n) is 4.27. The van der Waals surface area contributed by atoms with E-state index in [0.717, 1.165) is 4.47 Å². The van der Waals surface area contributed by atoms with Crippen molar-refractivity contribution in [2.24, 2.45) is 0 Å². The third kappa shape index (κ3) is 4.12. The van der Waals surface area contributed by atoms with Gasteiger partial charge in [0.05, 0.1) is 16.2 Å². The number of carbonyl (C=O) groups is 1. The minimum absolute atomic E-state index is 0.354. The van der Waals surface area contributed by atoms with E-state index < -0.39 is 5.60 Å². The zero-order valence-corrected chi connectivity index (χ0v) is 11.6. The lowest BCUT2D eigenvalue weighted by Crippen LogP contribution is -2.33. The molecule has 1 aromatic carbocycles. The molecule has 16 heavy (non-hydrogen) atoms. The predicted molar refractivity (Wildman–Crippen MR) is 67.5 cm³/mol. The van der Waals surface area contributed by atoms with E-state index in [4.69, 9.17) is 16.4 Å². The molecule has 0 saturated carbocycles. The first kappa shape index (κ1) is 13.5. The Morgan fingerprint density at radius 3 is 2.56 bits per heavy atom. The van der Waals surface area contributed by atoms with Gasteiger partial charge in [-0.05, 0) is 39.0 Å². The van der Waals surface area contributed by atoms with E-state index in [9.17, 15) is 4.79 Å². The Morgan fingerprint density at radius 2 is 2.06 bits per heavy atom. The second-order valence-corrected chi connectivity index (χ2v) is 5.59. The second kappa shape index (κ2) is 5.17. The van der Waals surface area contributed by atoms with Gasteiger partial charge in [0.25, 0.3) is 5.91 Å². The van der Waals surface area contributed by atoms with Crippen LogP contribution in [-0.4, -0.2) is 11.5 Å². The molecular weight excluding hydrogens is 293 g/mol. The highest BCUT2D eigenvalue weighted by atomic mass is 79.9. The first-order valence-corrected chi connectivity index (χ1v) is 5.90. The molecule has 5 heteroatoms. The molecule has 0 aromatic heterocycles. The number of rotatable bonds is 2. The smallest absolute Gasteiger partial charge is 0.268 e. The summed E-state index contributed by atoms with van der Waals surface area (Å²) in [5, 5.41) is 0.379. The molecule has 0 spiro atoms. The molecule has 0 heterocycles. The monoisotopic (exact) mass is 305 g/mol. The van der Waals surface area contributed by atoms with Crippen molar-refractivity contribution in [3.63, 3.8) is 0 Å². The zero-order chi connectivity index (χ0) is 12.3. The molecule has 0 aliphatic heterocycles. The number of hydroxylamine groups is 1. The van der Waals surface area contributed by atoms with Crippen LogP contribution in [-0.2, 0) is 4.84 Å². The van der Waals surface area contributed by atoms with Crippen molar-refractivity contribution in [2.45, 2.75) is 26.4 Å². The van der Waals surface area contributed by atoms with Crippen LogP contribution in [0.3, 0.4) is 0 Å². The summed E-state index contributed by atoms with van der Waals surface area (Å²) in [4.78, 5) is 16.8. The minimum atomic E-state index is -0.433. The van der Waals surface area contributed by atoms with Crippen LogP contribution in [0.5, 0.6) is 0 Å². The summed E-state index contributed by atoms with van der Waals surface area (Å²) in [5.41, 5.74) is 2.31. The van der Waals surface area contributed by atoms with Crippen LogP contribution in [0.4, 0.5) is 0 Å². The van der Waals surface area contributed by atoms with Gasteiger partial charge in [-0.3, -0.25) is 9.63 Å². The molecule has 1 rings (SSSR count). The van der Waals surface area contributed by atoms with Crippen LogP contribution in [0.25, 0.3) is 0 Å². The third-order valence-corrected chi connectivity index (χ3v) is 2.43. The lowest BCUT2D eigenvalue weighted by molar-refractivity contribution is -0.0589. The third-order valence-electron chi connectivity index (χ3n) is 1.63. The molecule has 3 nitrogen and oxygen atoms in total. The normalized spacial score (nSPS) is 11.3. The van der Waals surface area contributed by atoms with Crippen LogP contribution in [0.2, 0.25) is 5.02 Å². The molecule has 1 aromatic rings. The summed E-state index contributed by atoms with van der Waals surface area (Å²) in [7, 11) is 0. The van der Waals surface area contributed by atoms with E-state index >= 15 is 0 Å². The topological polar surface area (TPSA) is 38.3 Å². The molecule has 1 amide bonds. The van der Waals surface area contributed by atoms with Gasteiger partial charge >= 0.3 is 0 Å². The van der Waals surface area contributed by atoms with Crippen molar-refractivity contribution in [3.05, 3.63) is 33.3 Å². The first-order valence-electron chi connectivity index (χ1n) is 4.73. The molecule has 0 bridgehead atoms. The SMILES string of the molecule is CC(C)(C)ONC(=O)c1ccc(Br)cc1Cl. The Balaban J connectivity index is 2.74. The lowest BCUT2D eigenvalue weighted by Gasteiger charge is -2.19. The van der Waals surface area contributed by atoms with E-state index in [0.29, 0.717) is 10.6 Å². The number of halogens is 2. The summed E-state index contributed by atoms with van der Waals surface area (Å²) < 4.78 is 0.825. The molecule has 0 atom stereocenters. The summed E-state index contributed by atoms with van der Waals surface area (Å²) in [6.07, 6.45) is 0. The van der Waals surface area contributed by atoms with Crippen LogP contribution < -0.4 is 5.48 Å². The highest BCUT2D eigenvalue weighted by Crippen LogP contribution is 2.21. The van der Waals surface area contributed by atoms with Crippen LogP contribution in [0, 0.1) is 0 Å². The van der Waals surface area contributed by atoms with E-state index in [1.54, 1.807) is 18.2 Å². The van der Waals surface area contributed by atoms with Gasteiger partial charge in [0.2, 0.25) is 0 Å². The molecular formula is C11H13BrClNO2. The summed E-state index contributed by atoms with van der Waals surface area (Å²) >= 11 is 9.20. The number of hydrogen-bond acceptors (Lipinski definition) is 2. The lowest BCUT2D eigenvalue weighted by atomic mass is 10.2. The Hall–Kier alpha value is -0.580. The van der Waals surface area contributed by atoms with E-state index in [-0.39, 0.29) is 5.91 Å². The van der Waals surface area contributed by atoms with E-state index in [1.807, 2.05) is 20.8 Å². The summed E-state index contributed by atoms with van der Waals surface area (Å²) in [5.74, 6) is -0.354. The Bertz CT molecular complexity index is 401. The van der Waals surface area contributed by atoms with Gasteiger partial charge < -0.3 is 0 Å². The largest absolute Gasteiger partial charge is 0.276 e. The van der Waals surface area contributed by atoms with Crippen molar-refractivity contribution >= 4 is 33.4 Å². The highest BCUT2D eigenvalue weighted by Gasteiger charge is 2.15. The van der Waals surface area contributed by atoms with Crippen molar-refractivity contribution < 1.29 is 9.63 Å². The van der Waals surface area contributed by atoms with Crippen molar-refractivity contribution in [3.8, 4) is 0 Å². The Morgan fingerprint density at radius 1 is 1.44 bits per heavy atom. The molecule has 0 saturated heterocycles. The zero-order valence-electron chi connectivity index (χ0n) is 9.30. The van der Waals surface area contributed by atoms with Gasteiger partial charge in [0.15, 0.2) is 0 Å². The fourth-order valence-corrected chi connectivity index (χ4v) is 1.69. The quantitative estimate of drug-likeness (QED) is 0.848. The van der Waals surface area contributed by atoms with Gasteiger partial charge in [-0.15, -0.1) is 0 Å². The molecule has 88 valence electrons. The van der Waals surface area contributed by atoms with Gasteiger partial charge in [-0.25, -0.2) is 5.48 Å². The average Bonchev–Trinajstić information content (AvgIpc) is 2.13. The first-order chi connectivity index (χ1) is 7.29. The number of nitrogens with one attached hydrogen (secondary N) is 1. The minimum Gasteiger partial charge on any atom is -0.268 e. The van der Waals surface area contributed by atoms with Crippen LogP contribution in [0.1, 0.15) is 31.1 Å². The number of hydrogen-bond donors (Lipinski definition) is 1. The van der Waals surface area contributed by atoms with E-state index in [1.165, 1.54) is 0 Å². The summed E-state index contributed by atoms with van der Waals surface area (Å²) in [6.45, 7) is 5.53. The van der Waals surface area contributed by atoms with Crippen molar-refractivity contribution in [1.29, 1.82) is 0 Å². The maximum atomic E-state index is 11.7. The maximum absolute atomic E-state index is 11.7. The Kier molecular flexibility index (Phi) is 4.35. The predicted octanol–water partition coefficient (Wildman–Crippen LogP) is 3.56. The molecule has 0 aliphatic rings. The molecule has 1 N–H and O–H groups in total. The highest BCUT2D eigenvalue weighted by molar-refractivity contribution is 9.10. The van der Waals surface area contributed by atoms with Crippen molar-refractivity contribution in [2.75, 3.05) is 0 Å². The molecule has 0 fully saturated rings. The number of carbonyl (C=O) groups excluding carboxylic acids is 1. The Labute approximate surface area is 108 Å². The van der Waals surface area contributed by atoms with Gasteiger partial charge in [-0.1, -0.05) is 27.5 Å². The van der Waals surface area contributed by atoms with Gasteiger partial charge in [0, 0.05) is 4.47 Å². The van der Waals surface area contributed by atoms with Crippen LogP contribution >= 0.6 is 27.5 Å². The number of benzene rings is 1. The number of amides is 1. The summed E-state index contributed by atoms with van der Waals surface area (Å²) in [6, 6.07) is 5.04. The molecule has 0 radical (unpaired) electrons. The van der Waals surface area contributed by atoms with E-state index in [2.05, 4.69) is 21.4 Å². The fraction of sp³-hybridized carbons (Fsp3) is 0.364. The molecule has 0 unspecified atom stereocenters. The standard InChI is InChI=1S/C11H13BrClNO2/c1-11(2,3)16-14-10(15)8-5-4-7(12)6-9(8)13/h4-6H,1-3H3,(H,14,15). The van der Waals surface area contributed by atoms with Gasteiger partial charge in [0.1, 0.15) is 0 Å². The van der Waals surface area contributed by atoms with Crippen molar-refractivity contribution in [1.82, 2.24) is 5.48 Å².